The highest BCUT2D eigenvalue weighted by Gasteiger charge is 2.45. The third-order valence-electron chi connectivity index (χ3n) is 5.57. The maximum absolute atomic E-state index is 13.2. The Morgan fingerprint density at radius 3 is 2.39 bits per heavy atom. The Hall–Kier alpha value is -2.93. The third-order valence-corrected chi connectivity index (χ3v) is 5.57. The van der Waals surface area contributed by atoms with Crippen LogP contribution in [-0.2, 0) is 11.3 Å². The Balaban J connectivity index is 1.92. The number of nitriles is 1. The summed E-state index contributed by atoms with van der Waals surface area (Å²) >= 11 is 0. The van der Waals surface area contributed by atoms with Gasteiger partial charge in [-0.15, -0.1) is 0 Å². The molecule has 3 rings (SSSR count). The summed E-state index contributed by atoms with van der Waals surface area (Å²) in [4.78, 5) is 19.8. The number of hydrogen-bond acceptors (Lipinski definition) is 3. The van der Waals surface area contributed by atoms with E-state index in [1.54, 1.807) is 0 Å². The topological polar surface area (TPSA) is 56.5 Å². The second-order valence-electron chi connectivity index (χ2n) is 7.27. The van der Waals surface area contributed by atoms with Crippen LogP contribution in [0.2, 0.25) is 0 Å². The molecule has 0 atom stereocenters. The minimum atomic E-state index is -0.619. The van der Waals surface area contributed by atoms with Crippen LogP contribution in [-0.4, -0.2) is 22.2 Å². The van der Waals surface area contributed by atoms with E-state index < -0.39 is 5.54 Å². The van der Waals surface area contributed by atoms with E-state index in [-0.39, 0.29) is 5.91 Å². The zero-order chi connectivity index (χ0) is 20.1. The SMILES string of the molecule is CCCC1=NC(CC)(CC)C(=O)N1Cc1ccc(-c2ccccc2)c(C#N)c1. The lowest BCUT2D eigenvalue weighted by molar-refractivity contribution is -0.131. The predicted octanol–water partition coefficient (Wildman–Crippen LogP) is 5.32. The lowest BCUT2D eigenvalue weighted by Gasteiger charge is -2.24. The van der Waals surface area contributed by atoms with E-state index in [1.807, 2.05) is 67.3 Å². The van der Waals surface area contributed by atoms with Crippen LogP contribution in [0.1, 0.15) is 57.6 Å². The van der Waals surface area contributed by atoms with Gasteiger partial charge in [0.2, 0.25) is 0 Å². The summed E-state index contributed by atoms with van der Waals surface area (Å²) in [5.74, 6) is 0.966. The number of carbonyl (C=O) groups is 1. The van der Waals surface area contributed by atoms with Crippen molar-refractivity contribution in [2.24, 2.45) is 4.99 Å². The molecule has 28 heavy (non-hydrogen) atoms. The number of rotatable bonds is 7. The predicted molar refractivity (Wildman–Crippen MR) is 113 cm³/mol. The van der Waals surface area contributed by atoms with E-state index >= 15 is 0 Å². The van der Waals surface area contributed by atoms with Gasteiger partial charge in [0.05, 0.1) is 18.2 Å². The highest BCUT2D eigenvalue weighted by Crippen LogP contribution is 2.32. The van der Waals surface area contributed by atoms with E-state index in [2.05, 4.69) is 13.0 Å². The van der Waals surface area contributed by atoms with Crippen LogP contribution in [0.3, 0.4) is 0 Å². The van der Waals surface area contributed by atoms with Gasteiger partial charge in [-0.1, -0.05) is 63.2 Å². The molecule has 0 saturated heterocycles. The second kappa shape index (κ2) is 8.39. The summed E-state index contributed by atoms with van der Waals surface area (Å²) in [5.41, 5.74) is 2.90. The van der Waals surface area contributed by atoms with E-state index in [1.165, 1.54) is 0 Å². The molecule has 0 fully saturated rings. The molecule has 4 heteroatoms. The van der Waals surface area contributed by atoms with Gasteiger partial charge in [0.25, 0.3) is 5.91 Å². The molecule has 0 radical (unpaired) electrons. The maximum atomic E-state index is 13.2. The molecule has 0 unspecified atom stereocenters. The summed E-state index contributed by atoms with van der Waals surface area (Å²) < 4.78 is 0. The van der Waals surface area contributed by atoms with Crippen molar-refractivity contribution in [3.8, 4) is 17.2 Å². The van der Waals surface area contributed by atoms with Crippen LogP contribution in [0, 0.1) is 11.3 Å². The Kier molecular flexibility index (Phi) is 5.94. The summed E-state index contributed by atoms with van der Waals surface area (Å²) in [6, 6.07) is 18.1. The number of carbonyl (C=O) groups excluding carboxylic acids is 1. The van der Waals surface area contributed by atoms with Crippen LogP contribution in [0.5, 0.6) is 0 Å². The normalized spacial score (nSPS) is 15.4. The van der Waals surface area contributed by atoms with Gasteiger partial charge in [-0.2, -0.15) is 5.26 Å². The number of amides is 1. The van der Waals surface area contributed by atoms with Crippen molar-refractivity contribution in [2.45, 2.75) is 58.5 Å². The summed E-state index contributed by atoms with van der Waals surface area (Å²) in [5, 5.41) is 9.66. The highest BCUT2D eigenvalue weighted by atomic mass is 16.2. The molecule has 0 N–H and O–H groups in total. The quantitative estimate of drug-likeness (QED) is 0.659. The van der Waals surface area contributed by atoms with Crippen molar-refractivity contribution < 1.29 is 4.79 Å². The van der Waals surface area contributed by atoms with Gasteiger partial charge in [0.1, 0.15) is 11.4 Å². The Labute approximate surface area is 167 Å². The number of hydrogen-bond donors (Lipinski definition) is 0. The van der Waals surface area contributed by atoms with Gasteiger partial charge in [0.15, 0.2) is 0 Å². The first-order chi connectivity index (χ1) is 13.6. The van der Waals surface area contributed by atoms with Crippen LogP contribution in [0.15, 0.2) is 53.5 Å². The number of aliphatic imine (C=N–C) groups is 1. The van der Waals surface area contributed by atoms with Crippen molar-refractivity contribution >= 4 is 11.7 Å². The molecule has 0 bridgehead atoms. The molecule has 1 heterocycles. The van der Waals surface area contributed by atoms with E-state index in [9.17, 15) is 10.1 Å². The Bertz CT molecular complexity index is 921. The first kappa shape index (κ1) is 19.8. The Morgan fingerprint density at radius 1 is 1.07 bits per heavy atom. The van der Waals surface area contributed by atoms with Crippen LogP contribution >= 0.6 is 0 Å². The van der Waals surface area contributed by atoms with Crippen LogP contribution < -0.4 is 0 Å². The van der Waals surface area contributed by atoms with Gasteiger partial charge in [0, 0.05) is 6.42 Å². The van der Waals surface area contributed by atoms with E-state index in [0.29, 0.717) is 24.9 Å². The minimum Gasteiger partial charge on any atom is -0.294 e. The van der Waals surface area contributed by atoms with Gasteiger partial charge >= 0.3 is 0 Å². The molecule has 1 amide bonds. The zero-order valence-electron chi connectivity index (χ0n) is 16.9. The number of nitrogens with zero attached hydrogens (tertiary/aromatic N) is 3. The zero-order valence-corrected chi connectivity index (χ0v) is 16.9. The summed E-state index contributed by atoms with van der Waals surface area (Å²) in [6.07, 6.45) is 3.16. The molecule has 144 valence electrons. The Morgan fingerprint density at radius 2 is 1.79 bits per heavy atom. The maximum Gasteiger partial charge on any atom is 0.256 e. The summed E-state index contributed by atoms with van der Waals surface area (Å²) in [6.45, 7) is 6.62. The molecule has 0 spiro atoms. The average Bonchev–Trinajstić information content (AvgIpc) is 3.00. The largest absolute Gasteiger partial charge is 0.294 e. The fourth-order valence-electron chi connectivity index (χ4n) is 3.85. The van der Waals surface area contributed by atoms with Gasteiger partial charge in [-0.05, 0) is 42.0 Å². The second-order valence-corrected chi connectivity index (χ2v) is 7.27. The summed E-state index contributed by atoms with van der Waals surface area (Å²) in [7, 11) is 0. The molecule has 0 saturated carbocycles. The molecule has 4 nitrogen and oxygen atoms in total. The monoisotopic (exact) mass is 373 g/mol. The highest BCUT2D eigenvalue weighted by molar-refractivity contribution is 6.08. The van der Waals surface area contributed by atoms with Crippen molar-refractivity contribution in [1.29, 1.82) is 5.26 Å². The van der Waals surface area contributed by atoms with Gasteiger partial charge in [-0.3, -0.25) is 14.7 Å². The standard InChI is InChI=1S/C24H27N3O/c1-4-10-22-26-24(5-2,6-3)23(28)27(22)17-18-13-14-21(20(15-18)16-25)19-11-8-7-9-12-19/h7-9,11-15H,4-6,10,17H2,1-3H3. The number of benzene rings is 2. The smallest absolute Gasteiger partial charge is 0.256 e. The fraction of sp³-hybridized carbons (Fsp3) is 0.375. The van der Waals surface area contributed by atoms with Crippen LogP contribution in [0.4, 0.5) is 0 Å². The van der Waals surface area contributed by atoms with E-state index in [0.717, 1.165) is 35.4 Å². The fourth-order valence-corrected chi connectivity index (χ4v) is 3.85. The van der Waals surface area contributed by atoms with Crippen molar-refractivity contribution in [3.05, 3.63) is 59.7 Å². The number of amidine groups is 1. The molecule has 2 aromatic carbocycles. The first-order valence-corrected chi connectivity index (χ1v) is 10.1. The third kappa shape index (κ3) is 3.57. The molecule has 1 aliphatic heterocycles. The molecular weight excluding hydrogens is 346 g/mol. The molecular formula is C24H27N3O. The minimum absolute atomic E-state index is 0.0894. The average molecular weight is 374 g/mol. The van der Waals surface area contributed by atoms with Crippen molar-refractivity contribution in [3.63, 3.8) is 0 Å². The van der Waals surface area contributed by atoms with Crippen molar-refractivity contribution in [1.82, 2.24) is 4.90 Å². The van der Waals surface area contributed by atoms with E-state index in [4.69, 9.17) is 4.99 Å². The molecule has 2 aromatic rings. The van der Waals surface area contributed by atoms with Gasteiger partial charge < -0.3 is 0 Å². The molecule has 0 aromatic heterocycles. The molecule has 1 aliphatic rings. The molecule has 0 aliphatic carbocycles. The lowest BCUT2D eigenvalue weighted by Crippen LogP contribution is -2.41. The van der Waals surface area contributed by atoms with Crippen LogP contribution in [0.25, 0.3) is 11.1 Å². The lowest BCUT2D eigenvalue weighted by atomic mass is 9.93. The van der Waals surface area contributed by atoms with Crippen molar-refractivity contribution in [2.75, 3.05) is 0 Å². The first-order valence-electron chi connectivity index (χ1n) is 10.1. The van der Waals surface area contributed by atoms with Gasteiger partial charge in [-0.25, -0.2) is 0 Å².